The van der Waals surface area contributed by atoms with E-state index in [0.29, 0.717) is 10.4 Å². The molecule has 1 aromatic carbocycles. The number of hydrogen-bond acceptors (Lipinski definition) is 2. The highest BCUT2D eigenvalue weighted by Gasteiger charge is 2.23. The van der Waals surface area contributed by atoms with Gasteiger partial charge in [0, 0.05) is 12.1 Å². The number of halogens is 1. The van der Waals surface area contributed by atoms with E-state index in [0.717, 1.165) is 25.2 Å². The number of para-hydroxylation sites is 1. The van der Waals surface area contributed by atoms with Crippen LogP contribution in [-0.4, -0.2) is 23.1 Å². The smallest absolute Gasteiger partial charge is 0.138 e. The Morgan fingerprint density at radius 1 is 1.28 bits per heavy atom. The second-order valence-corrected chi connectivity index (χ2v) is 6.45. The molecule has 18 heavy (non-hydrogen) atoms. The Kier molecular flexibility index (Phi) is 4.18. The van der Waals surface area contributed by atoms with Gasteiger partial charge < -0.3 is 5.11 Å². The summed E-state index contributed by atoms with van der Waals surface area (Å²) < 4.78 is 0. The van der Waals surface area contributed by atoms with Crippen molar-refractivity contribution in [3.05, 3.63) is 28.8 Å². The van der Waals surface area contributed by atoms with E-state index in [9.17, 15) is 5.11 Å². The zero-order valence-corrected chi connectivity index (χ0v) is 12.0. The van der Waals surface area contributed by atoms with Crippen LogP contribution in [0.3, 0.4) is 0 Å². The fraction of sp³-hybridized carbons (Fsp3) is 0.600. The predicted molar refractivity (Wildman–Crippen MR) is 76.0 cm³/mol. The monoisotopic (exact) mass is 267 g/mol. The highest BCUT2D eigenvalue weighted by Crippen LogP contribution is 2.32. The van der Waals surface area contributed by atoms with Gasteiger partial charge >= 0.3 is 0 Å². The molecule has 1 aliphatic heterocycles. The van der Waals surface area contributed by atoms with Gasteiger partial charge in [-0.05, 0) is 43.8 Å². The van der Waals surface area contributed by atoms with Gasteiger partial charge in [-0.2, -0.15) is 0 Å². The summed E-state index contributed by atoms with van der Waals surface area (Å²) in [5, 5.41) is 10.4. The second kappa shape index (κ2) is 5.50. The topological polar surface area (TPSA) is 23.5 Å². The molecule has 100 valence electrons. The molecule has 2 rings (SSSR count). The molecular weight excluding hydrogens is 246 g/mol. The molecule has 0 spiro atoms. The molecule has 0 aliphatic carbocycles. The highest BCUT2D eigenvalue weighted by molar-refractivity contribution is 6.32. The largest absolute Gasteiger partial charge is 0.506 e. The van der Waals surface area contributed by atoms with Crippen LogP contribution in [0.4, 0.5) is 0 Å². The lowest BCUT2D eigenvalue weighted by Crippen LogP contribution is -2.25. The number of benzene rings is 1. The molecular formula is C15H22ClNO. The van der Waals surface area contributed by atoms with Crippen molar-refractivity contribution in [1.82, 2.24) is 4.90 Å². The first-order valence-corrected chi connectivity index (χ1v) is 7.04. The van der Waals surface area contributed by atoms with Crippen molar-refractivity contribution in [2.24, 2.45) is 5.41 Å². The first kappa shape index (κ1) is 13.7. The lowest BCUT2D eigenvalue weighted by Gasteiger charge is -2.23. The van der Waals surface area contributed by atoms with Crippen molar-refractivity contribution in [3.63, 3.8) is 0 Å². The standard InChI is InChI=1S/C15H22ClNO/c1-15(2)7-4-9-17(10-8-15)11-12-5-3-6-13(16)14(12)18/h3,5-6,18H,4,7-11H2,1-2H3. The van der Waals surface area contributed by atoms with E-state index < -0.39 is 0 Å². The Labute approximate surface area is 115 Å². The summed E-state index contributed by atoms with van der Waals surface area (Å²) in [7, 11) is 0. The molecule has 0 saturated carbocycles. The van der Waals surface area contributed by atoms with Crippen molar-refractivity contribution in [2.45, 2.75) is 39.7 Å². The van der Waals surface area contributed by atoms with Crippen LogP contribution in [-0.2, 0) is 6.54 Å². The van der Waals surface area contributed by atoms with Gasteiger partial charge in [-0.1, -0.05) is 37.6 Å². The van der Waals surface area contributed by atoms with E-state index in [4.69, 9.17) is 11.6 Å². The predicted octanol–water partition coefficient (Wildman–Crippen LogP) is 4.06. The van der Waals surface area contributed by atoms with Crippen LogP contribution in [0.15, 0.2) is 18.2 Å². The van der Waals surface area contributed by atoms with Crippen molar-refractivity contribution in [3.8, 4) is 5.75 Å². The molecule has 1 aromatic rings. The number of nitrogens with zero attached hydrogens (tertiary/aromatic N) is 1. The minimum absolute atomic E-state index is 0.239. The first-order chi connectivity index (χ1) is 8.48. The second-order valence-electron chi connectivity index (χ2n) is 6.04. The summed E-state index contributed by atoms with van der Waals surface area (Å²) >= 11 is 5.94. The minimum Gasteiger partial charge on any atom is -0.506 e. The quantitative estimate of drug-likeness (QED) is 0.874. The normalized spacial score (nSPS) is 20.6. The van der Waals surface area contributed by atoms with E-state index in [-0.39, 0.29) is 5.75 Å². The van der Waals surface area contributed by atoms with Gasteiger partial charge in [0.2, 0.25) is 0 Å². The van der Waals surface area contributed by atoms with Crippen LogP contribution < -0.4 is 0 Å². The molecule has 1 saturated heterocycles. The molecule has 0 unspecified atom stereocenters. The maximum atomic E-state index is 9.94. The molecule has 0 atom stereocenters. The summed E-state index contributed by atoms with van der Waals surface area (Å²) in [6, 6.07) is 5.59. The molecule has 0 radical (unpaired) electrons. The minimum atomic E-state index is 0.239. The van der Waals surface area contributed by atoms with Crippen LogP contribution in [0.5, 0.6) is 5.75 Å². The fourth-order valence-electron chi connectivity index (χ4n) is 2.57. The van der Waals surface area contributed by atoms with Crippen molar-refractivity contribution in [1.29, 1.82) is 0 Å². The van der Waals surface area contributed by atoms with Crippen LogP contribution >= 0.6 is 11.6 Å². The molecule has 0 aromatic heterocycles. The number of rotatable bonds is 2. The Balaban J connectivity index is 2.03. The van der Waals surface area contributed by atoms with Gasteiger partial charge in [0.15, 0.2) is 0 Å². The average Bonchev–Trinajstić information content (AvgIpc) is 2.47. The molecule has 2 nitrogen and oxygen atoms in total. The summed E-state index contributed by atoms with van der Waals surface area (Å²) in [5.74, 6) is 0.239. The van der Waals surface area contributed by atoms with Crippen LogP contribution in [0.25, 0.3) is 0 Å². The van der Waals surface area contributed by atoms with E-state index in [2.05, 4.69) is 18.7 Å². The lowest BCUT2D eigenvalue weighted by atomic mass is 9.85. The van der Waals surface area contributed by atoms with Crippen LogP contribution in [0.2, 0.25) is 5.02 Å². The van der Waals surface area contributed by atoms with Crippen molar-refractivity contribution >= 4 is 11.6 Å². The summed E-state index contributed by atoms with van der Waals surface area (Å²) in [4.78, 5) is 2.42. The maximum Gasteiger partial charge on any atom is 0.138 e. The Hall–Kier alpha value is -0.730. The van der Waals surface area contributed by atoms with Gasteiger partial charge in [-0.15, -0.1) is 0 Å². The zero-order valence-electron chi connectivity index (χ0n) is 11.2. The van der Waals surface area contributed by atoms with Gasteiger partial charge in [-0.3, -0.25) is 4.90 Å². The van der Waals surface area contributed by atoms with E-state index in [1.165, 1.54) is 19.3 Å². The van der Waals surface area contributed by atoms with Crippen molar-refractivity contribution < 1.29 is 5.11 Å². The molecule has 1 aliphatic rings. The third-order valence-electron chi connectivity index (χ3n) is 3.90. The first-order valence-electron chi connectivity index (χ1n) is 6.67. The molecule has 1 fully saturated rings. The molecule has 0 amide bonds. The summed E-state index contributed by atoms with van der Waals surface area (Å²) in [6.45, 7) is 7.68. The SMILES string of the molecule is CC1(C)CCCN(Cc2cccc(Cl)c2O)CC1. The third-order valence-corrected chi connectivity index (χ3v) is 4.20. The number of likely N-dealkylation sites (tertiary alicyclic amines) is 1. The van der Waals surface area contributed by atoms with Gasteiger partial charge in [0.1, 0.15) is 5.75 Å². The number of aromatic hydroxyl groups is 1. The molecule has 1 N–H and O–H groups in total. The third kappa shape index (κ3) is 3.39. The number of phenolic OH excluding ortho intramolecular Hbond substituents is 1. The Morgan fingerprint density at radius 3 is 2.83 bits per heavy atom. The van der Waals surface area contributed by atoms with Gasteiger partial charge in [0.05, 0.1) is 5.02 Å². The van der Waals surface area contributed by atoms with Crippen LogP contribution in [0, 0.1) is 5.41 Å². The van der Waals surface area contributed by atoms with E-state index in [1.807, 2.05) is 12.1 Å². The molecule has 1 heterocycles. The van der Waals surface area contributed by atoms with E-state index >= 15 is 0 Å². The maximum absolute atomic E-state index is 9.94. The Bertz CT molecular complexity index is 417. The summed E-state index contributed by atoms with van der Waals surface area (Å²) in [5.41, 5.74) is 1.38. The molecule has 3 heteroatoms. The molecule has 0 bridgehead atoms. The van der Waals surface area contributed by atoms with Crippen molar-refractivity contribution in [2.75, 3.05) is 13.1 Å². The van der Waals surface area contributed by atoms with E-state index in [1.54, 1.807) is 6.07 Å². The van der Waals surface area contributed by atoms with Gasteiger partial charge in [0.25, 0.3) is 0 Å². The zero-order chi connectivity index (χ0) is 13.2. The van der Waals surface area contributed by atoms with Gasteiger partial charge in [-0.25, -0.2) is 0 Å². The lowest BCUT2D eigenvalue weighted by molar-refractivity contribution is 0.253. The Morgan fingerprint density at radius 2 is 2.06 bits per heavy atom. The summed E-state index contributed by atoms with van der Waals surface area (Å²) in [6.07, 6.45) is 3.73. The number of hydrogen-bond donors (Lipinski definition) is 1. The number of phenols is 1. The fourth-order valence-corrected chi connectivity index (χ4v) is 2.76. The van der Waals surface area contributed by atoms with Crippen LogP contribution in [0.1, 0.15) is 38.7 Å². The highest BCUT2D eigenvalue weighted by atomic mass is 35.5. The average molecular weight is 268 g/mol.